The van der Waals surface area contributed by atoms with Gasteiger partial charge in [0.2, 0.25) is 0 Å². The number of aromatic nitrogens is 2. The summed E-state index contributed by atoms with van der Waals surface area (Å²) >= 11 is 0. The number of hydrogen-bond donors (Lipinski definition) is 1. The van der Waals surface area contributed by atoms with E-state index in [1.165, 1.54) is 30.5 Å². The normalized spacial score (nSPS) is 25.3. The minimum absolute atomic E-state index is 0.113. The van der Waals surface area contributed by atoms with Crippen LogP contribution in [0.25, 0.3) is 5.57 Å². The molecule has 1 aromatic carbocycles. The summed E-state index contributed by atoms with van der Waals surface area (Å²) in [5.74, 6) is 0.830. The average Bonchev–Trinajstić information content (AvgIpc) is 3.35. The molecule has 156 valence electrons. The largest absolute Gasteiger partial charge is 0.369 e. The summed E-state index contributed by atoms with van der Waals surface area (Å²) in [5.41, 5.74) is 5.15. The van der Waals surface area contributed by atoms with Crippen LogP contribution in [-0.2, 0) is 12.8 Å². The molecule has 1 spiro atoms. The molecule has 1 aromatic heterocycles. The van der Waals surface area contributed by atoms with Crippen molar-refractivity contribution in [3.63, 3.8) is 0 Å². The first kappa shape index (κ1) is 18.4. The van der Waals surface area contributed by atoms with Crippen LogP contribution in [0.3, 0.4) is 0 Å². The third-order valence-electron chi connectivity index (χ3n) is 7.81. The molecule has 1 N–H and O–H groups in total. The predicted octanol–water partition coefficient (Wildman–Crippen LogP) is 3.41. The van der Waals surface area contributed by atoms with Crippen molar-refractivity contribution >= 4 is 11.3 Å². The van der Waals surface area contributed by atoms with Crippen molar-refractivity contribution in [2.24, 2.45) is 5.41 Å². The topological polar surface area (TPSA) is 52.2 Å². The SMILES string of the molecule is O=c1[nH]c(C2=C[C@H](N3CCN(c4ccccc4)CC3)CC2)nc2c1CC1(CC2)CC1. The molecule has 2 heterocycles. The van der Waals surface area contributed by atoms with Crippen LogP contribution < -0.4 is 10.5 Å². The van der Waals surface area contributed by atoms with Gasteiger partial charge in [0, 0.05) is 43.5 Å². The highest BCUT2D eigenvalue weighted by atomic mass is 16.1. The van der Waals surface area contributed by atoms with Crippen molar-refractivity contribution in [2.75, 3.05) is 31.1 Å². The maximum absolute atomic E-state index is 12.8. The Balaban J connectivity index is 1.16. The van der Waals surface area contributed by atoms with Crippen LogP contribution in [0.5, 0.6) is 0 Å². The molecular weight excluding hydrogens is 372 g/mol. The fourth-order valence-electron chi connectivity index (χ4n) is 5.67. The molecule has 2 aromatic rings. The molecule has 1 aliphatic heterocycles. The molecule has 0 bridgehead atoms. The van der Waals surface area contributed by atoms with E-state index in [2.05, 4.69) is 51.2 Å². The number of allylic oxidation sites excluding steroid dienone is 1. The summed E-state index contributed by atoms with van der Waals surface area (Å²) in [5, 5.41) is 0. The van der Waals surface area contributed by atoms with Gasteiger partial charge in [-0.2, -0.15) is 0 Å². The number of fused-ring (bicyclic) bond motifs is 1. The van der Waals surface area contributed by atoms with E-state index in [-0.39, 0.29) is 5.56 Å². The first-order chi connectivity index (χ1) is 14.7. The number of aromatic amines is 1. The van der Waals surface area contributed by atoms with Crippen molar-refractivity contribution in [3.05, 3.63) is 63.8 Å². The third-order valence-corrected chi connectivity index (χ3v) is 7.81. The zero-order valence-corrected chi connectivity index (χ0v) is 17.6. The first-order valence-electron chi connectivity index (χ1n) is 11.6. The highest BCUT2D eigenvalue weighted by molar-refractivity contribution is 5.63. The number of nitrogens with zero attached hydrogens (tertiary/aromatic N) is 3. The van der Waals surface area contributed by atoms with Gasteiger partial charge in [0.15, 0.2) is 0 Å². The van der Waals surface area contributed by atoms with Crippen LogP contribution >= 0.6 is 0 Å². The first-order valence-corrected chi connectivity index (χ1v) is 11.6. The van der Waals surface area contributed by atoms with E-state index in [1.54, 1.807) is 0 Å². The molecule has 5 heteroatoms. The average molecular weight is 403 g/mol. The lowest BCUT2D eigenvalue weighted by Gasteiger charge is -2.38. The van der Waals surface area contributed by atoms with Crippen LogP contribution in [0.2, 0.25) is 0 Å². The molecule has 3 aliphatic carbocycles. The number of anilines is 1. The number of para-hydroxylation sites is 1. The molecule has 0 unspecified atom stereocenters. The number of nitrogens with one attached hydrogen (secondary N) is 1. The number of aryl methyl sites for hydroxylation is 1. The van der Waals surface area contributed by atoms with Crippen LogP contribution in [0.1, 0.15) is 49.2 Å². The summed E-state index contributed by atoms with van der Waals surface area (Å²) in [6.07, 6.45) is 10.2. The van der Waals surface area contributed by atoms with Gasteiger partial charge >= 0.3 is 0 Å². The maximum atomic E-state index is 12.8. The summed E-state index contributed by atoms with van der Waals surface area (Å²) in [6, 6.07) is 11.2. The number of benzene rings is 1. The van der Waals surface area contributed by atoms with Gasteiger partial charge in [-0.3, -0.25) is 9.69 Å². The van der Waals surface area contributed by atoms with Crippen molar-refractivity contribution in [2.45, 2.75) is 51.0 Å². The molecule has 5 nitrogen and oxygen atoms in total. The summed E-state index contributed by atoms with van der Waals surface area (Å²) in [6.45, 7) is 4.30. The monoisotopic (exact) mass is 402 g/mol. The van der Waals surface area contributed by atoms with Gasteiger partial charge in [-0.1, -0.05) is 24.3 Å². The van der Waals surface area contributed by atoms with Crippen molar-refractivity contribution in [1.82, 2.24) is 14.9 Å². The quantitative estimate of drug-likeness (QED) is 0.855. The van der Waals surface area contributed by atoms with Crippen LogP contribution in [0.4, 0.5) is 5.69 Å². The van der Waals surface area contributed by atoms with Crippen LogP contribution in [0, 0.1) is 5.41 Å². The number of piperazine rings is 1. The number of H-pyrrole nitrogens is 1. The molecule has 0 radical (unpaired) electrons. The minimum Gasteiger partial charge on any atom is -0.369 e. The lowest BCUT2D eigenvalue weighted by molar-refractivity contribution is 0.214. The van der Waals surface area contributed by atoms with E-state index in [9.17, 15) is 4.79 Å². The molecule has 0 amide bonds. The standard InChI is InChI=1S/C25H30N4O/c30-24-21-17-25(10-11-25)9-8-22(21)26-23(27-24)18-6-7-20(16-18)29-14-12-28(13-15-29)19-4-2-1-3-5-19/h1-5,16,20H,6-15,17H2,(H,26,27,30)/t20-/m1/s1. The fraction of sp³-hybridized carbons (Fsp3) is 0.520. The Bertz CT molecular complexity index is 1030. The Morgan fingerprint density at radius 3 is 2.57 bits per heavy atom. The van der Waals surface area contributed by atoms with Gasteiger partial charge in [-0.25, -0.2) is 4.98 Å². The summed E-state index contributed by atoms with van der Waals surface area (Å²) in [7, 11) is 0. The Morgan fingerprint density at radius 1 is 1.00 bits per heavy atom. The van der Waals surface area contributed by atoms with Crippen molar-refractivity contribution in [1.29, 1.82) is 0 Å². The number of hydrogen-bond acceptors (Lipinski definition) is 4. The van der Waals surface area contributed by atoms with Gasteiger partial charge in [0.1, 0.15) is 5.82 Å². The summed E-state index contributed by atoms with van der Waals surface area (Å²) < 4.78 is 0. The maximum Gasteiger partial charge on any atom is 0.254 e. The number of rotatable bonds is 3. The van der Waals surface area contributed by atoms with E-state index in [0.29, 0.717) is 11.5 Å². The van der Waals surface area contributed by atoms with Gasteiger partial charge in [0.25, 0.3) is 5.56 Å². The Hall–Kier alpha value is -2.40. The second-order valence-corrected chi connectivity index (χ2v) is 9.67. The van der Waals surface area contributed by atoms with E-state index >= 15 is 0 Å². The lowest BCUT2D eigenvalue weighted by Crippen LogP contribution is -2.49. The smallest absolute Gasteiger partial charge is 0.254 e. The van der Waals surface area contributed by atoms with Gasteiger partial charge in [0.05, 0.1) is 5.69 Å². The molecular formula is C25H30N4O. The minimum atomic E-state index is 0.113. The molecule has 1 saturated carbocycles. The molecule has 6 rings (SSSR count). The van der Waals surface area contributed by atoms with Gasteiger partial charge < -0.3 is 9.88 Å². The highest BCUT2D eigenvalue weighted by Crippen LogP contribution is 2.53. The molecule has 1 saturated heterocycles. The van der Waals surface area contributed by atoms with E-state index in [1.807, 2.05) is 0 Å². The van der Waals surface area contributed by atoms with E-state index in [0.717, 1.165) is 68.9 Å². The van der Waals surface area contributed by atoms with Crippen LogP contribution in [-0.4, -0.2) is 47.1 Å². The zero-order chi connectivity index (χ0) is 20.1. The fourth-order valence-corrected chi connectivity index (χ4v) is 5.67. The lowest BCUT2D eigenvalue weighted by atomic mass is 9.84. The second-order valence-electron chi connectivity index (χ2n) is 9.67. The van der Waals surface area contributed by atoms with E-state index < -0.39 is 0 Å². The highest BCUT2D eigenvalue weighted by Gasteiger charge is 2.45. The zero-order valence-electron chi connectivity index (χ0n) is 17.6. The van der Waals surface area contributed by atoms with Crippen LogP contribution in [0.15, 0.2) is 41.2 Å². The van der Waals surface area contributed by atoms with Gasteiger partial charge in [-0.15, -0.1) is 0 Å². The molecule has 1 atom stereocenters. The third kappa shape index (κ3) is 3.29. The van der Waals surface area contributed by atoms with E-state index in [4.69, 9.17) is 4.98 Å². The Kier molecular flexibility index (Phi) is 4.34. The Morgan fingerprint density at radius 2 is 1.80 bits per heavy atom. The second kappa shape index (κ2) is 7.09. The van der Waals surface area contributed by atoms with Crippen molar-refractivity contribution in [3.8, 4) is 0 Å². The predicted molar refractivity (Wildman–Crippen MR) is 120 cm³/mol. The molecule has 4 aliphatic rings. The summed E-state index contributed by atoms with van der Waals surface area (Å²) in [4.78, 5) is 25.9. The molecule has 2 fully saturated rings. The van der Waals surface area contributed by atoms with Crippen molar-refractivity contribution < 1.29 is 0 Å². The van der Waals surface area contributed by atoms with Gasteiger partial charge in [-0.05, 0) is 68.1 Å². The molecule has 30 heavy (non-hydrogen) atoms. The Labute approximate surface area is 177 Å².